The maximum Gasteiger partial charge on any atom is 0.263 e. The van der Waals surface area contributed by atoms with Crippen LogP contribution in [0.1, 0.15) is 10.4 Å². The summed E-state index contributed by atoms with van der Waals surface area (Å²) in [6.07, 6.45) is 1.99. The first-order valence-electron chi connectivity index (χ1n) is 10.6. The number of methoxy groups -OCH3 is 2. The molecule has 0 aliphatic rings. The molecule has 0 unspecified atom stereocenters. The Bertz CT molecular complexity index is 1400. The van der Waals surface area contributed by atoms with E-state index < -0.39 is 0 Å². The van der Waals surface area contributed by atoms with E-state index in [1.165, 1.54) is 34.4 Å². The van der Waals surface area contributed by atoms with Crippen molar-refractivity contribution in [1.29, 1.82) is 0 Å². The highest BCUT2D eigenvalue weighted by Crippen LogP contribution is 2.35. The fourth-order valence-electron chi connectivity index (χ4n) is 3.81. The van der Waals surface area contributed by atoms with Gasteiger partial charge in [0.15, 0.2) is 11.5 Å². The number of benzene rings is 2. The van der Waals surface area contributed by atoms with Crippen LogP contribution in [0.3, 0.4) is 0 Å². The van der Waals surface area contributed by atoms with Crippen molar-refractivity contribution in [2.24, 2.45) is 0 Å². The second kappa shape index (κ2) is 10.0. The van der Waals surface area contributed by atoms with Gasteiger partial charge in [0, 0.05) is 17.0 Å². The van der Waals surface area contributed by atoms with E-state index in [4.69, 9.17) is 9.47 Å². The molecule has 0 aliphatic heterocycles. The first-order valence-corrected chi connectivity index (χ1v) is 11.4. The van der Waals surface area contributed by atoms with E-state index in [1.807, 2.05) is 25.1 Å². The van der Waals surface area contributed by atoms with Gasteiger partial charge in [-0.25, -0.2) is 9.37 Å². The van der Waals surface area contributed by atoms with Crippen LogP contribution >= 0.6 is 11.3 Å². The summed E-state index contributed by atoms with van der Waals surface area (Å²) >= 11 is 1.40. The zero-order valence-corrected chi connectivity index (χ0v) is 19.9. The van der Waals surface area contributed by atoms with Gasteiger partial charge in [0.2, 0.25) is 5.91 Å². The molecule has 2 heterocycles. The minimum Gasteiger partial charge on any atom is -0.493 e. The van der Waals surface area contributed by atoms with Gasteiger partial charge in [-0.2, -0.15) is 0 Å². The molecule has 7 nitrogen and oxygen atoms in total. The fourth-order valence-corrected chi connectivity index (χ4v) is 4.81. The van der Waals surface area contributed by atoms with E-state index in [-0.39, 0.29) is 23.8 Å². The molecule has 0 aliphatic carbocycles. The molecule has 0 fully saturated rings. The summed E-state index contributed by atoms with van der Waals surface area (Å²) in [4.78, 5) is 31.6. The third kappa shape index (κ3) is 4.79. The normalized spacial score (nSPS) is 10.9. The van der Waals surface area contributed by atoms with Crippen molar-refractivity contribution >= 4 is 27.5 Å². The average Bonchev–Trinajstić information content (AvgIpc) is 3.18. The van der Waals surface area contributed by atoms with Crippen LogP contribution in [0.2, 0.25) is 0 Å². The summed E-state index contributed by atoms with van der Waals surface area (Å²) in [6.45, 7) is 2.15. The maximum atomic E-state index is 13.4. The monoisotopic (exact) mass is 481 g/mol. The predicted octanol–water partition coefficient (Wildman–Crippen LogP) is 3.95. The van der Waals surface area contributed by atoms with Gasteiger partial charge in [0.25, 0.3) is 5.56 Å². The number of thiophene rings is 1. The molecule has 1 N–H and O–H groups in total. The molecule has 0 bridgehead atoms. The molecule has 9 heteroatoms. The van der Waals surface area contributed by atoms with E-state index in [0.29, 0.717) is 34.7 Å². The summed E-state index contributed by atoms with van der Waals surface area (Å²) in [6, 6.07) is 11.6. The third-order valence-electron chi connectivity index (χ3n) is 5.49. The van der Waals surface area contributed by atoms with Crippen LogP contribution in [0, 0.1) is 12.7 Å². The Kier molecular flexibility index (Phi) is 6.93. The van der Waals surface area contributed by atoms with Crippen molar-refractivity contribution < 1.29 is 18.7 Å². The highest BCUT2D eigenvalue weighted by atomic mass is 32.1. The van der Waals surface area contributed by atoms with Crippen molar-refractivity contribution in [3.8, 4) is 22.6 Å². The lowest BCUT2D eigenvalue weighted by molar-refractivity contribution is -0.121. The lowest BCUT2D eigenvalue weighted by atomic mass is 10.0. The second-order valence-corrected chi connectivity index (χ2v) is 8.89. The van der Waals surface area contributed by atoms with E-state index >= 15 is 0 Å². The van der Waals surface area contributed by atoms with Crippen molar-refractivity contribution in [2.75, 3.05) is 20.8 Å². The predicted molar refractivity (Wildman–Crippen MR) is 130 cm³/mol. The van der Waals surface area contributed by atoms with Gasteiger partial charge < -0.3 is 14.8 Å². The molecular weight excluding hydrogens is 457 g/mol. The minimum atomic E-state index is -0.346. The number of fused-ring (bicyclic) bond motifs is 1. The van der Waals surface area contributed by atoms with Gasteiger partial charge in [0.05, 0.1) is 25.9 Å². The molecule has 2 aromatic carbocycles. The standard InChI is InChI=1S/C25H24FN3O4S/c1-15-22(17-5-7-18(26)8-6-17)23-24(34-15)28-14-29(25(23)31)13-21(30)27-11-10-16-4-9-19(32-2)20(12-16)33-3/h4-9,12,14H,10-11,13H2,1-3H3,(H,27,30). The van der Waals surface area contributed by atoms with Crippen LogP contribution in [0.25, 0.3) is 21.3 Å². The molecule has 0 saturated carbocycles. The summed E-state index contributed by atoms with van der Waals surface area (Å²) in [5.41, 5.74) is 2.14. The lowest BCUT2D eigenvalue weighted by Gasteiger charge is -2.10. The van der Waals surface area contributed by atoms with E-state index in [2.05, 4.69) is 10.3 Å². The number of halogens is 1. The minimum absolute atomic E-state index is 0.147. The maximum absolute atomic E-state index is 13.4. The summed E-state index contributed by atoms with van der Waals surface area (Å²) in [7, 11) is 3.15. The van der Waals surface area contributed by atoms with Gasteiger partial charge in [-0.15, -0.1) is 11.3 Å². The van der Waals surface area contributed by atoms with Crippen LogP contribution < -0.4 is 20.3 Å². The van der Waals surface area contributed by atoms with Crippen molar-refractivity contribution in [2.45, 2.75) is 19.9 Å². The number of aromatic nitrogens is 2. The number of hydrogen-bond acceptors (Lipinski definition) is 6. The summed E-state index contributed by atoms with van der Waals surface area (Å²) in [5.74, 6) is 0.627. The van der Waals surface area contributed by atoms with E-state index in [1.54, 1.807) is 26.4 Å². The second-order valence-electron chi connectivity index (χ2n) is 7.69. The Labute approximate surface area is 199 Å². The molecule has 0 atom stereocenters. The molecule has 4 rings (SSSR count). The van der Waals surface area contributed by atoms with Crippen LogP contribution in [-0.2, 0) is 17.8 Å². The van der Waals surface area contributed by atoms with Gasteiger partial charge in [-0.1, -0.05) is 18.2 Å². The molecule has 0 radical (unpaired) electrons. The van der Waals surface area contributed by atoms with Crippen LogP contribution in [0.5, 0.6) is 11.5 Å². The lowest BCUT2D eigenvalue weighted by Crippen LogP contribution is -2.33. The number of aryl methyl sites for hydroxylation is 1. The Morgan fingerprint density at radius 1 is 1.12 bits per heavy atom. The van der Waals surface area contributed by atoms with Crippen LogP contribution in [-0.4, -0.2) is 36.2 Å². The molecular formula is C25H24FN3O4S. The van der Waals surface area contributed by atoms with E-state index in [0.717, 1.165) is 21.6 Å². The zero-order valence-electron chi connectivity index (χ0n) is 19.1. The number of ether oxygens (including phenoxy) is 2. The smallest absolute Gasteiger partial charge is 0.263 e. The number of rotatable bonds is 8. The molecule has 2 aromatic heterocycles. The van der Waals surface area contributed by atoms with Crippen molar-refractivity contribution in [1.82, 2.24) is 14.9 Å². The molecule has 1 amide bonds. The highest BCUT2D eigenvalue weighted by Gasteiger charge is 2.18. The Balaban J connectivity index is 1.48. The molecule has 4 aromatic rings. The van der Waals surface area contributed by atoms with Crippen LogP contribution in [0.4, 0.5) is 4.39 Å². The van der Waals surface area contributed by atoms with Crippen molar-refractivity contribution in [3.63, 3.8) is 0 Å². The van der Waals surface area contributed by atoms with Crippen molar-refractivity contribution in [3.05, 3.63) is 75.4 Å². The van der Waals surface area contributed by atoms with E-state index in [9.17, 15) is 14.0 Å². The van der Waals surface area contributed by atoms with Gasteiger partial charge in [-0.05, 0) is 48.7 Å². The van der Waals surface area contributed by atoms with Gasteiger partial charge >= 0.3 is 0 Å². The Morgan fingerprint density at radius 3 is 2.56 bits per heavy atom. The molecule has 34 heavy (non-hydrogen) atoms. The Morgan fingerprint density at radius 2 is 1.85 bits per heavy atom. The van der Waals surface area contributed by atoms with Gasteiger partial charge in [0.1, 0.15) is 17.2 Å². The Hall–Kier alpha value is -3.72. The average molecular weight is 482 g/mol. The number of amides is 1. The zero-order chi connectivity index (χ0) is 24.2. The number of carbonyl (C=O) groups is 1. The highest BCUT2D eigenvalue weighted by molar-refractivity contribution is 7.19. The third-order valence-corrected chi connectivity index (χ3v) is 6.50. The first-order chi connectivity index (χ1) is 16.4. The van der Waals surface area contributed by atoms with Crippen LogP contribution in [0.15, 0.2) is 53.6 Å². The molecule has 176 valence electrons. The number of hydrogen-bond donors (Lipinski definition) is 1. The fraction of sp³-hybridized carbons (Fsp3) is 0.240. The SMILES string of the molecule is COc1ccc(CCNC(=O)Cn2cnc3sc(C)c(-c4ccc(F)cc4)c3c2=O)cc1OC. The first kappa shape index (κ1) is 23.4. The molecule has 0 saturated heterocycles. The van der Waals surface area contributed by atoms with Gasteiger partial charge in [-0.3, -0.25) is 14.2 Å². The molecule has 0 spiro atoms. The topological polar surface area (TPSA) is 82.5 Å². The summed E-state index contributed by atoms with van der Waals surface area (Å²) in [5, 5.41) is 3.28. The summed E-state index contributed by atoms with van der Waals surface area (Å²) < 4.78 is 25.2. The quantitative estimate of drug-likeness (QED) is 0.412. The number of nitrogens with one attached hydrogen (secondary N) is 1. The number of nitrogens with zero attached hydrogens (tertiary/aromatic N) is 2. The largest absolute Gasteiger partial charge is 0.493 e. The number of carbonyl (C=O) groups excluding carboxylic acids is 1.